The second-order valence-corrected chi connectivity index (χ2v) is 6.78. The summed E-state index contributed by atoms with van der Waals surface area (Å²) in [7, 11) is 0. The first-order valence-electron chi connectivity index (χ1n) is 7.13. The van der Waals surface area contributed by atoms with Crippen molar-refractivity contribution in [2.24, 2.45) is 5.92 Å². The zero-order chi connectivity index (χ0) is 13.7. The maximum atomic E-state index is 12.3. The molecule has 1 heterocycles. The molecule has 0 spiro atoms. The van der Waals surface area contributed by atoms with Crippen LogP contribution >= 0.6 is 24.0 Å². The van der Waals surface area contributed by atoms with E-state index in [1.54, 1.807) is 4.90 Å². The summed E-state index contributed by atoms with van der Waals surface area (Å²) in [6, 6.07) is 0. The molecule has 0 N–H and O–H groups in total. The van der Waals surface area contributed by atoms with E-state index >= 15 is 0 Å². The molecule has 0 saturated carbocycles. The number of hydrogen-bond donors (Lipinski definition) is 0. The van der Waals surface area contributed by atoms with Gasteiger partial charge in [0.25, 0.3) is 5.91 Å². The summed E-state index contributed by atoms with van der Waals surface area (Å²) in [6.45, 7) is 2.95. The Bertz CT molecular complexity index is 414. The van der Waals surface area contributed by atoms with Crippen LogP contribution in [0.2, 0.25) is 0 Å². The van der Waals surface area contributed by atoms with Gasteiger partial charge in [0.05, 0.1) is 4.91 Å². The van der Waals surface area contributed by atoms with E-state index in [2.05, 4.69) is 25.2 Å². The highest BCUT2D eigenvalue weighted by Crippen LogP contribution is 2.34. The van der Waals surface area contributed by atoms with Gasteiger partial charge in [0, 0.05) is 6.54 Å². The van der Waals surface area contributed by atoms with E-state index < -0.39 is 0 Å². The van der Waals surface area contributed by atoms with E-state index in [1.165, 1.54) is 18.2 Å². The summed E-state index contributed by atoms with van der Waals surface area (Å²) in [5.41, 5.74) is 0. The van der Waals surface area contributed by atoms with Gasteiger partial charge in [-0.2, -0.15) is 0 Å². The predicted octanol–water partition coefficient (Wildman–Crippen LogP) is 4.28. The number of carbonyl (C=O) groups is 1. The number of carbonyl (C=O) groups excluding carboxylic acids is 1. The summed E-state index contributed by atoms with van der Waals surface area (Å²) in [5, 5.41) is 0. The van der Waals surface area contributed by atoms with Gasteiger partial charge >= 0.3 is 0 Å². The Morgan fingerprint density at radius 3 is 3.00 bits per heavy atom. The Morgan fingerprint density at radius 2 is 2.32 bits per heavy atom. The zero-order valence-electron chi connectivity index (χ0n) is 11.4. The van der Waals surface area contributed by atoms with E-state index in [0.29, 0.717) is 5.92 Å². The van der Waals surface area contributed by atoms with Crippen LogP contribution in [0.15, 0.2) is 23.1 Å². The van der Waals surface area contributed by atoms with Gasteiger partial charge in [-0.3, -0.25) is 9.69 Å². The topological polar surface area (TPSA) is 20.3 Å². The number of nitrogens with zero attached hydrogens (tertiary/aromatic N) is 1. The monoisotopic (exact) mass is 295 g/mol. The molecule has 0 bridgehead atoms. The predicted molar refractivity (Wildman–Crippen MR) is 86.0 cm³/mol. The Labute approximate surface area is 125 Å². The van der Waals surface area contributed by atoms with Gasteiger partial charge < -0.3 is 0 Å². The first-order valence-corrected chi connectivity index (χ1v) is 8.35. The minimum absolute atomic E-state index is 0.126. The average molecular weight is 295 g/mol. The standard InChI is InChI=1S/C15H21NOS2/c1-2-3-7-10-16-14(17)13(19-15(16)18)11-12-8-5-4-6-9-12/h4-5,11-12H,2-3,6-10H2,1H3/b13-11-/t12-/m0/s1. The van der Waals surface area contributed by atoms with Crippen LogP contribution in [0.5, 0.6) is 0 Å². The molecule has 0 aromatic heterocycles. The summed E-state index contributed by atoms with van der Waals surface area (Å²) < 4.78 is 0.735. The highest BCUT2D eigenvalue weighted by molar-refractivity contribution is 8.26. The Balaban J connectivity index is 1.96. The Hall–Kier alpha value is -0.610. The second-order valence-electron chi connectivity index (χ2n) is 5.11. The van der Waals surface area contributed by atoms with E-state index in [9.17, 15) is 4.79 Å². The van der Waals surface area contributed by atoms with E-state index in [-0.39, 0.29) is 5.91 Å². The van der Waals surface area contributed by atoms with Crippen LogP contribution in [0, 0.1) is 5.92 Å². The van der Waals surface area contributed by atoms with Gasteiger partial charge in [0.15, 0.2) is 0 Å². The van der Waals surface area contributed by atoms with Gasteiger partial charge in [-0.1, -0.05) is 62.0 Å². The molecule has 2 aliphatic rings. The first-order chi connectivity index (χ1) is 9.22. The van der Waals surface area contributed by atoms with Crippen LogP contribution in [0.3, 0.4) is 0 Å². The van der Waals surface area contributed by atoms with Crippen molar-refractivity contribution < 1.29 is 4.79 Å². The van der Waals surface area contributed by atoms with Crippen LogP contribution in [-0.4, -0.2) is 21.7 Å². The molecule has 1 aliphatic heterocycles. The summed E-state index contributed by atoms with van der Waals surface area (Å²) >= 11 is 6.80. The van der Waals surface area contributed by atoms with Crippen molar-refractivity contribution in [3.05, 3.63) is 23.1 Å². The van der Waals surface area contributed by atoms with Crippen LogP contribution < -0.4 is 0 Å². The molecule has 1 amide bonds. The molecule has 2 nitrogen and oxygen atoms in total. The van der Waals surface area contributed by atoms with Gasteiger partial charge in [0.1, 0.15) is 4.32 Å². The minimum Gasteiger partial charge on any atom is -0.293 e. The summed E-state index contributed by atoms with van der Waals surface area (Å²) in [4.78, 5) is 14.9. The normalized spacial score (nSPS) is 25.6. The minimum atomic E-state index is 0.126. The Kier molecular flexibility index (Phi) is 5.64. The molecule has 104 valence electrons. The van der Waals surface area contributed by atoms with Gasteiger partial charge in [-0.25, -0.2) is 0 Å². The fourth-order valence-electron chi connectivity index (χ4n) is 2.41. The van der Waals surface area contributed by atoms with Crippen molar-refractivity contribution in [2.75, 3.05) is 6.54 Å². The lowest BCUT2D eigenvalue weighted by Crippen LogP contribution is -2.29. The zero-order valence-corrected chi connectivity index (χ0v) is 13.1. The number of rotatable bonds is 5. The maximum Gasteiger partial charge on any atom is 0.265 e. The molecule has 2 rings (SSSR count). The highest BCUT2D eigenvalue weighted by Gasteiger charge is 2.31. The molecule has 4 heteroatoms. The third-order valence-corrected chi connectivity index (χ3v) is 4.95. The SMILES string of the molecule is CCCCCN1C(=O)/C(=C/[C@H]2CC=CCC2)SC1=S. The van der Waals surface area contributed by atoms with Crippen molar-refractivity contribution in [1.82, 2.24) is 4.90 Å². The molecule has 1 aliphatic carbocycles. The van der Waals surface area contributed by atoms with Crippen LogP contribution in [-0.2, 0) is 4.79 Å². The molecular formula is C15H21NOS2. The summed E-state index contributed by atoms with van der Waals surface area (Å²) in [5.74, 6) is 0.635. The maximum absolute atomic E-state index is 12.3. The number of thioether (sulfide) groups is 1. The van der Waals surface area contributed by atoms with E-state index in [0.717, 1.165) is 47.9 Å². The van der Waals surface area contributed by atoms with Crippen LogP contribution in [0.25, 0.3) is 0 Å². The van der Waals surface area contributed by atoms with Crippen molar-refractivity contribution in [2.45, 2.75) is 45.4 Å². The second kappa shape index (κ2) is 7.25. The lowest BCUT2D eigenvalue weighted by atomic mass is 9.94. The van der Waals surface area contributed by atoms with E-state index in [4.69, 9.17) is 12.2 Å². The van der Waals surface area contributed by atoms with Crippen molar-refractivity contribution in [3.8, 4) is 0 Å². The van der Waals surface area contributed by atoms with Gasteiger partial charge in [-0.15, -0.1) is 0 Å². The fourth-order valence-corrected chi connectivity index (χ4v) is 3.78. The molecule has 1 atom stereocenters. The van der Waals surface area contributed by atoms with Crippen LogP contribution in [0.1, 0.15) is 45.4 Å². The van der Waals surface area contributed by atoms with Crippen LogP contribution in [0.4, 0.5) is 0 Å². The molecule has 0 aromatic carbocycles. The molecular weight excluding hydrogens is 274 g/mol. The third-order valence-electron chi connectivity index (χ3n) is 3.56. The van der Waals surface area contributed by atoms with Gasteiger partial charge in [0.2, 0.25) is 0 Å². The number of allylic oxidation sites excluding steroid dienone is 3. The third kappa shape index (κ3) is 3.93. The number of hydrogen-bond acceptors (Lipinski definition) is 3. The molecule has 0 aromatic rings. The average Bonchev–Trinajstić information content (AvgIpc) is 2.68. The van der Waals surface area contributed by atoms with Crippen molar-refractivity contribution in [3.63, 3.8) is 0 Å². The van der Waals surface area contributed by atoms with Crippen molar-refractivity contribution >= 4 is 34.2 Å². The Morgan fingerprint density at radius 1 is 1.47 bits per heavy atom. The highest BCUT2D eigenvalue weighted by atomic mass is 32.2. The molecule has 1 fully saturated rings. The largest absolute Gasteiger partial charge is 0.293 e. The lowest BCUT2D eigenvalue weighted by molar-refractivity contribution is -0.122. The number of amides is 1. The quantitative estimate of drug-likeness (QED) is 0.327. The first kappa shape index (κ1) is 14.8. The van der Waals surface area contributed by atoms with E-state index in [1.807, 2.05) is 0 Å². The number of unbranched alkanes of at least 4 members (excludes halogenated alkanes) is 2. The lowest BCUT2D eigenvalue weighted by Gasteiger charge is -2.15. The molecule has 19 heavy (non-hydrogen) atoms. The molecule has 1 saturated heterocycles. The number of thiocarbonyl (C=S) groups is 1. The van der Waals surface area contributed by atoms with Crippen molar-refractivity contribution in [1.29, 1.82) is 0 Å². The molecule has 0 unspecified atom stereocenters. The summed E-state index contributed by atoms with van der Waals surface area (Å²) in [6.07, 6.45) is 13.3. The fraction of sp³-hybridized carbons (Fsp3) is 0.600. The molecule has 0 radical (unpaired) electrons. The smallest absolute Gasteiger partial charge is 0.265 e. The van der Waals surface area contributed by atoms with Gasteiger partial charge in [-0.05, 0) is 31.6 Å².